The molecule has 2 rings (SSSR count). The van der Waals surface area contributed by atoms with Crippen LogP contribution in [-0.2, 0) is 18.4 Å². The van der Waals surface area contributed by atoms with Gasteiger partial charge in [0.15, 0.2) is 5.96 Å². The predicted molar refractivity (Wildman–Crippen MR) is 117 cm³/mol. The smallest absolute Gasteiger partial charge is 0.191 e. The van der Waals surface area contributed by atoms with Crippen LogP contribution in [0.3, 0.4) is 0 Å². The number of aliphatic imine (C=N–C) groups is 1. The summed E-state index contributed by atoms with van der Waals surface area (Å²) in [6, 6.07) is 14.8. The molecule has 2 aromatic rings. The molecular weight excluding hydrogens is 423 g/mol. The average Bonchev–Trinajstić information content (AvgIpc) is 2.58. The van der Waals surface area contributed by atoms with Gasteiger partial charge in [-0.3, -0.25) is 9.98 Å². The molecule has 1 heterocycles. The number of guanidine groups is 1. The average molecular weight is 452 g/mol. The molecule has 136 valence electrons. The molecule has 1 aromatic heterocycles. The third kappa shape index (κ3) is 7.42. The molecule has 0 aliphatic rings. The van der Waals surface area contributed by atoms with Crippen LogP contribution >= 0.6 is 24.0 Å². The summed E-state index contributed by atoms with van der Waals surface area (Å²) in [5.74, 6) is 0.798. The molecule has 0 unspecified atom stereocenters. The summed E-state index contributed by atoms with van der Waals surface area (Å²) < 4.78 is 0. The molecule has 0 fully saturated rings. The molecule has 1 aromatic carbocycles. The molecule has 4 nitrogen and oxygen atoms in total. The fourth-order valence-electron chi connectivity index (χ4n) is 2.39. The van der Waals surface area contributed by atoms with E-state index in [-0.39, 0.29) is 29.4 Å². The van der Waals surface area contributed by atoms with Crippen LogP contribution in [0.1, 0.15) is 37.6 Å². The molecule has 0 amide bonds. The zero-order valence-corrected chi connectivity index (χ0v) is 17.9. The molecule has 2 N–H and O–H groups in total. The Bertz CT molecular complexity index is 646. The van der Waals surface area contributed by atoms with Crippen molar-refractivity contribution in [3.05, 3.63) is 65.5 Å². The van der Waals surface area contributed by atoms with E-state index >= 15 is 0 Å². The van der Waals surface area contributed by atoms with E-state index in [0.29, 0.717) is 6.54 Å². The largest absolute Gasteiger partial charge is 0.356 e. The van der Waals surface area contributed by atoms with Crippen molar-refractivity contribution < 1.29 is 0 Å². The summed E-state index contributed by atoms with van der Waals surface area (Å²) in [6.07, 6.45) is 2.77. The van der Waals surface area contributed by atoms with Crippen molar-refractivity contribution in [1.82, 2.24) is 15.6 Å². The Morgan fingerprint density at radius 1 is 1.04 bits per heavy atom. The van der Waals surface area contributed by atoms with Crippen molar-refractivity contribution in [3.8, 4) is 0 Å². The predicted octanol–water partition coefficient (Wildman–Crippen LogP) is 3.90. The normalized spacial score (nSPS) is 11.6. The third-order valence-electron chi connectivity index (χ3n) is 3.91. The van der Waals surface area contributed by atoms with Crippen molar-refractivity contribution in [3.63, 3.8) is 0 Å². The van der Waals surface area contributed by atoms with Crippen LogP contribution in [-0.4, -0.2) is 24.5 Å². The second-order valence-electron chi connectivity index (χ2n) is 6.87. The van der Waals surface area contributed by atoms with Gasteiger partial charge < -0.3 is 10.6 Å². The van der Waals surface area contributed by atoms with E-state index in [4.69, 9.17) is 0 Å². The summed E-state index contributed by atoms with van der Waals surface area (Å²) in [5, 5.41) is 6.62. The van der Waals surface area contributed by atoms with Crippen molar-refractivity contribution in [1.29, 1.82) is 0 Å². The molecule has 0 radical (unpaired) electrons. The number of halogens is 1. The highest BCUT2D eigenvalue weighted by Gasteiger charge is 2.12. The topological polar surface area (TPSA) is 49.3 Å². The lowest BCUT2D eigenvalue weighted by atomic mass is 9.86. The lowest BCUT2D eigenvalue weighted by Gasteiger charge is -2.19. The lowest BCUT2D eigenvalue weighted by molar-refractivity contribution is 0.590. The number of hydrogen-bond acceptors (Lipinski definition) is 2. The SMILES string of the molecule is CN=C(NCCc1ccc(C(C)(C)C)cc1)NCc1ccccn1.I. The number of hydrogen-bond donors (Lipinski definition) is 2. The van der Waals surface area contributed by atoms with Crippen molar-refractivity contribution >= 4 is 29.9 Å². The minimum Gasteiger partial charge on any atom is -0.356 e. The Morgan fingerprint density at radius 3 is 2.32 bits per heavy atom. The summed E-state index contributed by atoms with van der Waals surface area (Å²) in [5.41, 5.74) is 3.90. The van der Waals surface area contributed by atoms with E-state index in [1.165, 1.54) is 11.1 Å². The summed E-state index contributed by atoms with van der Waals surface area (Å²) in [7, 11) is 1.78. The van der Waals surface area contributed by atoms with Crippen LogP contribution in [0.15, 0.2) is 53.7 Å². The number of nitrogens with zero attached hydrogens (tertiary/aromatic N) is 2. The minimum absolute atomic E-state index is 0. The van der Waals surface area contributed by atoms with Crippen LogP contribution in [0.5, 0.6) is 0 Å². The zero-order valence-electron chi connectivity index (χ0n) is 15.5. The van der Waals surface area contributed by atoms with Gasteiger partial charge >= 0.3 is 0 Å². The number of aromatic nitrogens is 1. The van der Waals surface area contributed by atoms with Crippen molar-refractivity contribution in [2.75, 3.05) is 13.6 Å². The van der Waals surface area contributed by atoms with Crippen LogP contribution in [0.25, 0.3) is 0 Å². The molecule has 0 bridgehead atoms. The number of rotatable bonds is 5. The van der Waals surface area contributed by atoms with Gasteiger partial charge in [-0.1, -0.05) is 51.1 Å². The van der Waals surface area contributed by atoms with Crippen LogP contribution < -0.4 is 10.6 Å². The maximum Gasteiger partial charge on any atom is 0.191 e. The Morgan fingerprint density at radius 2 is 1.76 bits per heavy atom. The molecule has 25 heavy (non-hydrogen) atoms. The van der Waals surface area contributed by atoms with Gasteiger partial charge in [0.05, 0.1) is 12.2 Å². The highest BCUT2D eigenvalue weighted by molar-refractivity contribution is 14.0. The summed E-state index contributed by atoms with van der Waals surface area (Å²) in [4.78, 5) is 8.54. The highest BCUT2D eigenvalue weighted by Crippen LogP contribution is 2.22. The highest BCUT2D eigenvalue weighted by atomic mass is 127. The van der Waals surface area contributed by atoms with Crippen LogP contribution in [0.4, 0.5) is 0 Å². The standard InChI is InChI=1S/C20H28N4.HI/c1-20(2,3)17-10-8-16(9-11-17)12-14-23-19(21-4)24-15-18-7-5-6-13-22-18;/h5-11,13H,12,14-15H2,1-4H3,(H2,21,23,24);1H. The van der Waals surface area contributed by atoms with Crippen molar-refractivity contribution in [2.24, 2.45) is 4.99 Å². The van der Waals surface area contributed by atoms with Gasteiger partial charge in [-0.2, -0.15) is 0 Å². The van der Waals surface area contributed by atoms with Crippen molar-refractivity contribution in [2.45, 2.75) is 39.2 Å². The first kappa shape index (κ1) is 21.4. The van der Waals surface area contributed by atoms with Crippen LogP contribution in [0, 0.1) is 0 Å². The van der Waals surface area contributed by atoms with E-state index in [1.807, 2.05) is 18.2 Å². The van der Waals surface area contributed by atoms with E-state index in [0.717, 1.165) is 24.6 Å². The Labute approximate surface area is 168 Å². The molecule has 0 aliphatic heterocycles. The van der Waals surface area contributed by atoms with Gasteiger partial charge in [-0.05, 0) is 35.1 Å². The Balaban J connectivity index is 0.00000312. The van der Waals surface area contributed by atoms with E-state index in [1.54, 1.807) is 13.2 Å². The first-order chi connectivity index (χ1) is 11.5. The van der Waals surface area contributed by atoms with Gasteiger partial charge in [0.2, 0.25) is 0 Å². The first-order valence-electron chi connectivity index (χ1n) is 8.43. The van der Waals surface area contributed by atoms with E-state index < -0.39 is 0 Å². The number of nitrogens with one attached hydrogen (secondary N) is 2. The van der Waals surface area contributed by atoms with E-state index in [9.17, 15) is 0 Å². The molecule has 0 saturated carbocycles. The fourth-order valence-corrected chi connectivity index (χ4v) is 2.39. The molecule has 0 atom stereocenters. The second kappa shape index (κ2) is 10.4. The first-order valence-corrected chi connectivity index (χ1v) is 8.43. The Hall–Kier alpha value is -1.63. The monoisotopic (exact) mass is 452 g/mol. The maximum atomic E-state index is 4.30. The fraction of sp³-hybridized carbons (Fsp3) is 0.400. The van der Waals surface area contributed by atoms with Crippen LogP contribution in [0.2, 0.25) is 0 Å². The van der Waals surface area contributed by atoms with Gasteiger partial charge in [-0.25, -0.2) is 0 Å². The summed E-state index contributed by atoms with van der Waals surface area (Å²) >= 11 is 0. The minimum atomic E-state index is 0. The number of pyridine rings is 1. The van der Waals surface area contributed by atoms with Gasteiger partial charge in [0.25, 0.3) is 0 Å². The quantitative estimate of drug-likeness (QED) is 0.411. The van der Waals surface area contributed by atoms with Gasteiger partial charge in [0.1, 0.15) is 0 Å². The maximum absolute atomic E-state index is 4.30. The Kier molecular flexibility index (Phi) is 8.89. The third-order valence-corrected chi connectivity index (χ3v) is 3.91. The van der Waals surface area contributed by atoms with Gasteiger partial charge in [0, 0.05) is 19.8 Å². The zero-order chi connectivity index (χ0) is 17.4. The molecule has 0 spiro atoms. The molecule has 5 heteroatoms. The lowest BCUT2D eigenvalue weighted by Crippen LogP contribution is -2.38. The van der Waals surface area contributed by atoms with E-state index in [2.05, 4.69) is 65.6 Å². The molecular formula is C20H29IN4. The second-order valence-corrected chi connectivity index (χ2v) is 6.87. The molecule has 0 saturated heterocycles. The van der Waals surface area contributed by atoms with Gasteiger partial charge in [-0.15, -0.1) is 24.0 Å². The number of benzene rings is 1. The summed E-state index contributed by atoms with van der Waals surface area (Å²) in [6.45, 7) is 8.22. The molecule has 0 aliphatic carbocycles.